The topological polar surface area (TPSA) is 38.3 Å². The first kappa shape index (κ1) is 9.08. The molecule has 1 saturated carbocycles. The molecule has 0 saturated heterocycles. The van der Waals surface area contributed by atoms with Crippen LogP contribution in [-0.4, -0.2) is 25.2 Å². The van der Waals surface area contributed by atoms with E-state index in [1.165, 1.54) is 0 Å². The van der Waals surface area contributed by atoms with E-state index in [1.807, 2.05) is 5.92 Å². The van der Waals surface area contributed by atoms with Crippen molar-refractivity contribution < 1.29 is 9.53 Å². The van der Waals surface area contributed by atoms with Crippen LogP contribution >= 0.6 is 0 Å². The summed E-state index contributed by atoms with van der Waals surface area (Å²) in [6, 6.07) is 0.110. The van der Waals surface area contributed by atoms with Gasteiger partial charge in [-0.3, -0.25) is 4.79 Å². The summed E-state index contributed by atoms with van der Waals surface area (Å²) in [4.78, 5) is 10.8. The average molecular weight is 167 g/mol. The van der Waals surface area contributed by atoms with Crippen molar-refractivity contribution >= 4 is 5.91 Å². The van der Waals surface area contributed by atoms with E-state index in [2.05, 4.69) is 5.32 Å². The molecule has 0 bridgehead atoms. The summed E-state index contributed by atoms with van der Waals surface area (Å²) in [7, 11) is 1.66. The molecular weight excluding hydrogens is 154 g/mol. The fourth-order valence-electron chi connectivity index (χ4n) is 1.58. The number of carbonyl (C=O) groups is 1. The minimum atomic E-state index is -0.344. The molecule has 1 amide bonds. The minimum Gasteiger partial charge on any atom is -0.379 e. The van der Waals surface area contributed by atoms with Crippen LogP contribution in [-0.2, 0) is 9.53 Å². The molecule has 0 aromatic rings. The highest BCUT2D eigenvalue weighted by Crippen LogP contribution is 2.21. The Bertz CT molecular complexity index is 207. The molecule has 3 heteroatoms. The Balaban J connectivity index is 2.41. The van der Waals surface area contributed by atoms with Crippen LogP contribution in [0, 0.1) is 12.3 Å². The Morgan fingerprint density at radius 1 is 1.67 bits per heavy atom. The summed E-state index contributed by atoms with van der Waals surface area (Å²) in [5.41, 5.74) is 0. The Kier molecular flexibility index (Phi) is 3.12. The van der Waals surface area contributed by atoms with Gasteiger partial charge < -0.3 is 10.1 Å². The van der Waals surface area contributed by atoms with Crippen molar-refractivity contribution in [3.05, 3.63) is 0 Å². The number of amides is 1. The SMILES string of the molecule is C#CC(=O)NC1CCCC1OC. The van der Waals surface area contributed by atoms with Gasteiger partial charge in [0.25, 0.3) is 5.91 Å². The highest BCUT2D eigenvalue weighted by Gasteiger charge is 2.27. The monoisotopic (exact) mass is 167 g/mol. The van der Waals surface area contributed by atoms with E-state index in [1.54, 1.807) is 7.11 Å². The predicted molar refractivity (Wildman–Crippen MR) is 45.4 cm³/mol. The molecule has 0 heterocycles. The molecule has 0 aromatic carbocycles. The molecule has 12 heavy (non-hydrogen) atoms. The van der Waals surface area contributed by atoms with Crippen molar-refractivity contribution in [3.63, 3.8) is 0 Å². The van der Waals surface area contributed by atoms with Crippen molar-refractivity contribution in [2.75, 3.05) is 7.11 Å². The first-order valence-corrected chi connectivity index (χ1v) is 4.08. The largest absolute Gasteiger partial charge is 0.379 e. The average Bonchev–Trinajstić information content (AvgIpc) is 2.51. The zero-order valence-electron chi connectivity index (χ0n) is 7.17. The van der Waals surface area contributed by atoms with Gasteiger partial charge in [0.1, 0.15) is 0 Å². The molecule has 1 fully saturated rings. The van der Waals surface area contributed by atoms with Gasteiger partial charge in [-0.2, -0.15) is 0 Å². The number of hydrogen-bond acceptors (Lipinski definition) is 2. The van der Waals surface area contributed by atoms with Gasteiger partial charge >= 0.3 is 0 Å². The van der Waals surface area contributed by atoms with Crippen LogP contribution in [0.4, 0.5) is 0 Å². The Morgan fingerprint density at radius 3 is 3.00 bits per heavy atom. The molecule has 0 aromatic heterocycles. The number of nitrogens with one attached hydrogen (secondary N) is 1. The molecule has 0 aliphatic heterocycles. The second-order valence-corrected chi connectivity index (χ2v) is 2.93. The zero-order valence-corrected chi connectivity index (χ0v) is 7.17. The summed E-state index contributed by atoms with van der Waals surface area (Å²) >= 11 is 0. The van der Waals surface area contributed by atoms with E-state index in [9.17, 15) is 4.79 Å². The van der Waals surface area contributed by atoms with E-state index in [0.29, 0.717) is 0 Å². The summed E-state index contributed by atoms with van der Waals surface area (Å²) in [5.74, 6) is 1.69. The van der Waals surface area contributed by atoms with E-state index in [0.717, 1.165) is 19.3 Å². The first-order chi connectivity index (χ1) is 5.77. The van der Waals surface area contributed by atoms with Gasteiger partial charge in [0, 0.05) is 7.11 Å². The fourth-order valence-corrected chi connectivity index (χ4v) is 1.58. The molecule has 1 rings (SSSR count). The van der Waals surface area contributed by atoms with E-state index < -0.39 is 0 Å². The first-order valence-electron chi connectivity index (χ1n) is 4.08. The highest BCUT2D eigenvalue weighted by atomic mass is 16.5. The maximum Gasteiger partial charge on any atom is 0.295 e. The van der Waals surface area contributed by atoms with Gasteiger partial charge in [0.2, 0.25) is 0 Å². The lowest BCUT2D eigenvalue weighted by Gasteiger charge is -2.17. The molecule has 0 spiro atoms. The summed E-state index contributed by atoms with van der Waals surface area (Å²) < 4.78 is 5.19. The second kappa shape index (κ2) is 4.13. The molecular formula is C9H13NO2. The number of ether oxygens (including phenoxy) is 1. The third kappa shape index (κ3) is 1.99. The maximum atomic E-state index is 10.8. The lowest BCUT2D eigenvalue weighted by molar-refractivity contribution is -0.117. The molecule has 2 unspecified atom stereocenters. The van der Waals surface area contributed by atoms with Crippen LogP contribution in [0.2, 0.25) is 0 Å². The Labute approximate surface area is 72.5 Å². The third-order valence-corrected chi connectivity index (χ3v) is 2.20. The van der Waals surface area contributed by atoms with Crippen molar-refractivity contribution in [2.45, 2.75) is 31.4 Å². The Morgan fingerprint density at radius 2 is 2.42 bits per heavy atom. The van der Waals surface area contributed by atoms with Crippen LogP contribution in [0.25, 0.3) is 0 Å². The van der Waals surface area contributed by atoms with Gasteiger partial charge in [-0.25, -0.2) is 0 Å². The molecule has 0 radical (unpaired) electrons. The van der Waals surface area contributed by atoms with Gasteiger partial charge in [0.05, 0.1) is 12.1 Å². The quantitative estimate of drug-likeness (QED) is 0.601. The van der Waals surface area contributed by atoms with E-state index >= 15 is 0 Å². The van der Waals surface area contributed by atoms with Crippen LogP contribution in [0.3, 0.4) is 0 Å². The smallest absolute Gasteiger partial charge is 0.295 e. The number of rotatable bonds is 2. The van der Waals surface area contributed by atoms with Crippen molar-refractivity contribution in [1.29, 1.82) is 0 Å². The van der Waals surface area contributed by atoms with Crippen molar-refractivity contribution in [1.82, 2.24) is 5.32 Å². The molecule has 1 aliphatic carbocycles. The lowest BCUT2D eigenvalue weighted by atomic mass is 10.2. The van der Waals surface area contributed by atoms with Gasteiger partial charge in [0.15, 0.2) is 0 Å². The van der Waals surface area contributed by atoms with Crippen LogP contribution in [0.5, 0.6) is 0 Å². The lowest BCUT2D eigenvalue weighted by Crippen LogP contribution is -2.40. The fraction of sp³-hybridized carbons (Fsp3) is 0.667. The number of methoxy groups -OCH3 is 1. The van der Waals surface area contributed by atoms with Crippen LogP contribution < -0.4 is 5.32 Å². The molecule has 3 nitrogen and oxygen atoms in total. The Hall–Kier alpha value is -1.01. The number of hydrogen-bond donors (Lipinski definition) is 1. The van der Waals surface area contributed by atoms with E-state index in [4.69, 9.17) is 11.2 Å². The minimum absolute atomic E-state index is 0.110. The van der Waals surface area contributed by atoms with Gasteiger partial charge in [-0.15, -0.1) is 6.42 Å². The summed E-state index contributed by atoms with van der Waals surface area (Å²) in [6.07, 6.45) is 8.14. The number of terminal acetylenes is 1. The normalized spacial score (nSPS) is 28.0. The standard InChI is InChI=1S/C9H13NO2/c1-3-9(11)10-7-5-4-6-8(7)12-2/h1,7-8H,4-6H2,2H3,(H,10,11). The predicted octanol–water partition coefficient (Wildman–Crippen LogP) is 0.303. The highest BCUT2D eigenvalue weighted by molar-refractivity contribution is 5.93. The van der Waals surface area contributed by atoms with Gasteiger partial charge in [-0.1, -0.05) is 0 Å². The molecule has 66 valence electrons. The number of carbonyl (C=O) groups excluding carboxylic acids is 1. The third-order valence-electron chi connectivity index (χ3n) is 2.20. The molecule has 2 atom stereocenters. The molecule has 1 N–H and O–H groups in total. The van der Waals surface area contributed by atoms with Crippen molar-refractivity contribution in [3.8, 4) is 12.3 Å². The summed E-state index contributed by atoms with van der Waals surface area (Å²) in [5, 5.41) is 2.73. The van der Waals surface area contributed by atoms with Gasteiger partial charge in [-0.05, 0) is 25.2 Å². The van der Waals surface area contributed by atoms with Crippen molar-refractivity contribution in [2.24, 2.45) is 0 Å². The molecule has 1 aliphatic rings. The summed E-state index contributed by atoms with van der Waals surface area (Å²) in [6.45, 7) is 0. The van der Waals surface area contributed by atoms with E-state index in [-0.39, 0.29) is 18.1 Å². The zero-order chi connectivity index (χ0) is 8.97. The van der Waals surface area contributed by atoms with Crippen LogP contribution in [0.15, 0.2) is 0 Å². The second-order valence-electron chi connectivity index (χ2n) is 2.93. The van der Waals surface area contributed by atoms with Crippen LogP contribution in [0.1, 0.15) is 19.3 Å². The maximum absolute atomic E-state index is 10.8.